The van der Waals surface area contributed by atoms with Crippen LogP contribution in [0.5, 0.6) is 0 Å². The molecule has 0 atom stereocenters. The van der Waals surface area contributed by atoms with Crippen LogP contribution in [0, 0.1) is 13.8 Å². The van der Waals surface area contributed by atoms with Gasteiger partial charge in [-0.15, -0.1) is 0 Å². The number of nitrogens with zero attached hydrogens (tertiary/aromatic N) is 3. The zero-order valence-corrected chi connectivity index (χ0v) is 17.3. The zero-order chi connectivity index (χ0) is 20.6. The number of benzene rings is 1. The number of nitrogens with one attached hydrogen (secondary N) is 1. The van der Waals surface area contributed by atoms with Crippen LogP contribution in [0.15, 0.2) is 35.5 Å². The second kappa shape index (κ2) is 10.2. The molecule has 2 heterocycles. The molecule has 8 nitrogen and oxygen atoms in total. The Morgan fingerprint density at radius 2 is 1.79 bits per heavy atom. The lowest BCUT2D eigenvalue weighted by atomic mass is 10.2. The number of esters is 1. The van der Waals surface area contributed by atoms with Gasteiger partial charge in [0.2, 0.25) is 0 Å². The molecule has 1 aliphatic rings. The first-order chi connectivity index (χ1) is 14.0. The third-order valence-corrected chi connectivity index (χ3v) is 4.99. The summed E-state index contributed by atoms with van der Waals surface area (Å²) < 4.78 is 10.4. The van der Waals surface area contributed by atoms with Gasteiger partial charge in [-0.2, -0.15) is 0 Å². The van der Waals surface area contributed by atoms with E-state index in [4.69, 9.17) is 9.47 Å². The molecule has 1 amide bonds. The van der Waals surface area contributed by atoms with Crippen LogP contribution >= 0.6 is 11.8 Å². The van der Waals surface area contributed by atoms with Gasteiger partial charge in [0.25, 0.3) is 5.91 Å². The van der Waals surface area contributed by atoms with Gasteiger partial charge in [0.15, 0.2) is 11.8 Å². The number of amides is 1. The summed E-state index contributed by atoms with van der Waals surface area (Å²) in [5.41, 5.74) is 3.42. The highest BCUT2D eigenvalue weighted by Crippen LogP contribution is 2.19. The minimum atomic E-state index is -0.490. The van der Waals surface area contributed by atoms with E-state index in [0.29, 0.717) is 10.8 Å². The summed E-state index contributed by atoms with van der Waals surface area (Å²) in [6.07, 6.45) is 0. The Morgan fingerprint density at radius 1 is 1.14 bits per heavy atom. The molecule has 1 aromatic heterocycles. The van der Waals surface area contributed by atoms with Gasteiger partial charge in [-0.05, 0) is 44.2 Å². The minimum Gasteiger partial charge on any atom is -0.455 e. The molecule has 0 spiro atoms. The number of hydrogen-bond donors (Lipinski definition) is 1. The monoisotopic (exact) mass is 416 g/mol. The third kappa shape index (κ3) is 6.72. The molecule has 2 aromatic rings. The van der Waals surface area contributed by atoms with Crippen molar-refractivity contribution in [2.24, 2.45) is 0 Å². The molecule has 0 radical (unpaired) electrons. The van der Waals surface area contributed by atoms with Gasteiger partial charge < -0.3 is 19.7 Å². The average Bonchev–Trinajstić information content (AvgIpc) is 2.71. The standard InChI is InChI=1S/C20H24N4O4S/c1-14-11-15(2)22-20(21-14)29-13-19(26)28-12-18(25)23-16-3-5-17(6-4-16)24-7-9-27-10-8-24/h3-6,11H,7-10,12-13H2,1-2H3,(H,23,25). The summed E-state index contributed by atoms with van der Waals surface area (Å²) in [7, 11) is 0. The number of ether oxygens (including phenoxy) is 2. The molecule has 1 N–H and O–H groups in total. The average molecular weight is 417 g/mol. The summed E-state index contributed by atoms with van der Waals surface area (Å²) in [6, 6.07) is 9.43. The van der Waals surface area contributed by atoms with E-state index in [1.165, 1.54) is 11.8 Å². The second-order valence-electron chi connectivity index (χ2n) is 6.58. The van der Waals surface area contributed by atoms with Crippen molar-refractivity contribution in [2.45, 2.75) is 19.0 Å². The molecule has 29 heavy (non-hydrogen) atoms. The van der Waals surface area contributed by atoms with E-state index in [1.807, 2.05) is 44.2 Å². The van der Waals surface area contributed by atoms with E-state index in [0.717, 1.165) is 43.4 Å². The summed E-state index contributed by atoms with van der Waals surface area (Å²) >= 11 is 1.19. The van der Waals surface area contributed by atoms with Gasteiger partial charge >= 0.3 is 5.97 Å². The Morgan fingerprint density at radius 3 is 2.45 bits per heavy atom. The number of thioether (sulfide) groups is 1. The zero-order valence-electron chi connectivity index (χ0n) is 16.5. The molecule has 0 saturated carbocycles. The highest BCUT2D eigenvalue weighted by atomic mass is 32.2. The van der Waals surface area contributed by atoms with E-state index < -0.39 is 5.97 Å². The fourth-order valence-electron chi connectivity index (χ4n) is 2.84. The van der Waals surface area contributed by atoms with Crippen LogP contribution in [0.1, 0.15) is 11.4 Å². The normalized spacial score (nSPS) is 13.8. The first-order valence-corrected chi connectivity index (χ1v) is 10.3. The van der Waals surface area contributed by atoms with Crippen molar-refractivity contribution in [3.8, 4) is 0 Å². The molecule has 1 aromatic carbocycles. The highest BCUT2D eigenvalue weighted by Gasteiger charge is 2.12. The SMILES string of the molecule is Cc1cc(C)nc(SCC(=O)OCC(=O)Nc2ccc(N3CCOCC3)cc2)n1. The van der Waals surface area contributed by atoms with Gasteiger partial charge in [-0.1, -0.05) is 11.8 Å². The number of hydrogen-bond acceptors (Lipinski definition) is 8. The molecule has 1 saturated heterocycles. The van der Waals surface area contributed by atoms with Crippen molar-refractivity contribution in [1.29, 1.82) is 0 Å². The van der Waals surface area contributed by atoms with Crippen molar-refractivity contribution >= 4 is 35.0 Å². The molecule has 154 valence electrons. The number of rotatable bonds is 7. The van der Waals surface area contributed by atoms with E-state index in [-0.39, 0.29) is 18.3 Å². The maximum absolute atomic E-state index is 12.0. The molecule has 1 aliphatic heterocycles. The Kier molecular flexibility index (Phi) is 7.42. The van der Waals surface area contributed by atoms with Crippen LogP contribution in [0.25, 0.3) is 0 Å². The van der Waals surface area contributed by atoms with E-state index in [9.17, 15) is 9.59 Å². The van der Waals surface area contributed by atoms with Gasteiger partial charge in [-0.3, -0.25) is 9.59 Å². The Bertz CT molecular complexity index is 834. The van der Waals surface area contributed by atoms with Crippen molar-refractivity contribution < 1.29 is 19.1 Å². The smallest absolute Gasteiger partial charge is 0.316 e. The van der Waals surface area contributed by atoms with E-state index >= 15 is 0 Å². The maximum atomic E-state index is 12.0. The van der Waals surface area contributed by atoms with Crippen LogP contribution in [-0.4, -0.2) is 60.5 Å². The first kappa shape index (κ1) is 21.1. The van der Waals surface area contributed by atoms with Crippen molar-refractivity contribution in [1.82, 2.24) is 9.97 Å². The predicted octanol–water partition coefficient (Wildman–Crippen LogP) is 2.20. The van der Waals surface area contributed by atoms with Crippen LogP contribution in [0.2, 0.25) is 0 Å². The number of morpholine rings is 1. The molecular weight excluding hydrogens is 392 g/mol. The summed E-state index contributed by atoms with van der Waals surface area (Å²) in [4.78, 5) is 34.6. The maximum Gasteiger partial charge on any atom is 0.316 e. The third-order valence-electron chi connectivity index (χ3n) is 4.17. The largest absolute Gasteiger partial charge is 0.455 e. The van der Waals surface area contributed by atoms with Crippen molar-refractivity contribution in [3.63, 3.8) is 0 Å². The van der Waals surface area contributed by atoms with Gasteiger partial charge in [0, 0.05) is 35.9 Å². The lowest BCUT2D eigenvalue weighted by Crippen LogP contribution is -2.36. The van der Waals surface area contributed by atoms with Crippen LogP contribution in [-0.2, 0) is 19.1 Å². The van der Waals surface area contributed by atoms with Crippen LogP contribution < -0.4 is 10.2 Å². The van der Waals surface area contributed by atoms with Gasteiger partial charge in [-0.25, -0.2) is 9.97 Å². The fourth-order valence-corrected chi connectivity index (χ4v) is 3.59. The number of aryl methyl sites for hydroxylation is 2. The van der Waals surface area contributed by atoms with E-state index in [2.05, 4.69) is 20.2 Å². The first-order valence-electron chi connectivity index (χ1n) is 9.33. The topological polar surface area (TPSA) is 93.6 Å². The molecule has 9 heteroatoms. The Balaban J connectivity index is 1.40. The Hall–Kier alpha value is -2.65. The van der Waals surface area contributed by atoms with E-state index in [1.54, 1.807) is 0 Å². The number of carbonyl (C=O) groups excluding carboxylic acids is 2. The molecule has 3 rings (SSSR count). The van der Waals surface area contributed by atoms with Crippen molar-refractivity contribution in [2.75, 3.05) is 48.9 Å². The van der Waals surface area contributed by atoms with Gasteiger partial charge in [0.05, 0.1) is 19.0 Å². The molecule has 0 aliphatic carbocycles. The quantitative estimate of drug-likeness (QED) is 0.417. The number of aromatic nitrogens is 2. The molecule has 0 unspecified atom stereocenters. The lowest BCUT2D eigenvalue weighted by molar-refractivity contribution is -0.144. The van der Waals surface area contributed by atoms with Crippen LogP contribution in [0.3, 0.4) is 0 Å². The molecule has 0 bridgehead atoms. The number of carbonyl (C=O) groups is 2. The molecular formula is C20H24N4O4S. The van der Waals surface area contributed by atoms with Crippen molar-refractivity contribution in [3.05, 3.63) is 41.7 Å². The fraction of sp³-hybridized carbons (Fsp3) is 0.400. The second-order valence-corrected chi connectivity index (χ2v) is 7.52. The highest BCUT2D eigenvalue weighted by molar-refractivity contribution is 7.99. The summed E-state index contributed by atoms with van der Waals surface area (Å²) in [6.45, 7) is 6.55. The minimum absolute atomic E-state index is 0.0461. The lowest BCUT2D eigenvalue weighted by Gasteiger charge is -2.28. The molecule has 1 fully saturated rings. The summed E-state index contributed by atoms with van der Waals surface area (Å²) in [5, 5.41) is 3.24. The number of anilines is 2. The predicted molar refractivity (Wildman–Crippen MR) is 111 cm³/mol. The van der Waals surface area contributed by atoms with Crippen LogP contribution in [0.4, 0.5) is 11.4 Å². The summed E-state index contributed by atoms with van der Waals surface area (Å²) in [5.74, 6) is -0.828. The Labute approximate surface area is 174 Å². The van der Waals surface area contributed by atoms with Gasteiger partial charge in [0.1, 0.15) is 0 Å².